The van der Waals surface area contributed by atoms with Crippen molar-refractivity contribution in [2.24, 2.45) is 0 Å². The van der Waals surface area contributed by atoms with Crippen LogP contribution in [-0.2, 0) is 14.2 Å². The molecule has 108 valence electrons. The molecule has 4 nitrogen and oxygen atoms in total. The van der Waals surface area contributed by atoms with Crippen molar-refractivity contribution < 1.29 is 14.2 Å². The van der Waals surface area contributed by atoms with Crippen molar-refractivity contribution in [1.29, 1.82) is 0 Å². The van der Waals surface area contributed by atoms with Gasteiger partial charge in [0.25, 0.3) is 0 Å². The maximum Gasteiger partial charge on any atom is 0.0700 e. The molecular weight excluding hydrogens is 230 g/mol. The van der Waals surface area contributed by atoms with Crippen LogP contribution < -0.4 is 5.32 Å². The first-order chi connectivity index (χ1) is 8.83. The summed E-state index contributed by atoms with van der Waals surface area (Å²) in [5.41, 5.74) is 0. The molecule has 0 bridgehead atoms. The lowest BCUT2D eigenvalue weighted by Gasteiger charge is -2.13. The van der Waals surface area contributed by atoms with E-state index in [1.807, 2.05) is 0 Å². The van der Waals surface area contributed by atoms with Crippen molar-refractivity contribution in [3.05, 3.63) is 0 Å². The minimum atomic E-state index is 0.366. The summed E-state index contributed by atoms with van der Waals surface area (Å²) in [5.74, 6) is 0. The van der Waals surface area contributed by atoms with E-state index in [9.17, 15) is 0 Å². The van der Waals surface area contributed by atoms with Gasteiger partial charge in [-0.15, -0.1) is 0 Å². The van der Waals surface area contributed by atoms with Crippen molar-refractivity contribution in [1.82, 2.24) is 5.32 Å². The van der Waals surface area contributed by atoms with Crippen LogP contribution in [0.1, 0.15) is 39.0 Å². The lowest BCUT2D eigenvalue weighted by Crippen LogP contribution is -2.19. The van der Waals surface area contributed by atoms with E-state index in [1.165, 1.54) is 19.3 Å². The quantitative estimate of drug-likeness (QED) is 0.513. The van der Waals surface area contributed by atoms with Crippen molar-refractivity contribution in [3.8, 4) is 0 Å². The van der Waals surface area contributed by atoms with Gasteiger partial charge in [-0.1, -0.05) is 0 Å². The maximum atomic E-state index is 5.73. The number of nitrogens with one attached hydrogen (secondary N) is 1. The van der Waals surface area contributed by atoms with E-state index in [4.69, 9.17) is 14.2 Å². The Labute approximate surface area is 111 Å². The van der Waals surface area contributed by atoms with Crippen LogP contribution in [-0.4, -0.2) is 52.2 Å². The molecule has 0 aromatic heterocycles. The Hall–Kier alpha value is -0.160. The number of methoxy groups -OCH3 is 1. The summed E-state index contributed by atoms with van der Waals surface area (Å²) in [7, 11) is 1.69. The fraction of sp³-hybridized carbons (Fsp3) is 1.00. The van der Waals surface area contributed by atoms with Crippen LogP contribution >= 0.6 is 0 Å². The van der Waals surface area contributed by atoms with Crippen LogP contribution in [0.2, 0.25) is 0 Å². The summed E-state index contributed by atoms with van der Waals surface area (Å²) in [5, 5.41) is 3.52. The molecule has 1 saturated carbocycles. The van der Waals surface area contributed by atoms with Crippen molar-refractivity contribution >= 4 is 0 Å². The van der Waals surface area contributed by atoms with Crippen molar-refractivity contribution in [2.45, 2.75) is 51.2 Å². The number of rotatable bonds is 13. The molecule has 0 amide bonds. The van der Waals surface area contributed by atoms with Gasteiger partial charge in [-0.25, -0.2) is 0 Å². The Balaban J connectivity index is 1.73. The molecule has 1 aliphatic rings. The van der Waals surface area contributed by atoms with E-state index in [1.54, 1.807) is 7.11 Å². The van der Waals surface area contributed by atoms with E-state index in [-0.39, 0.29) is 0 Å². The number of hydrogen-bond acceptors (Lipinski definition) is 4. The molecule has 4 heteroatoms. The Bertz CT molecular complexity index is 186. The second-order valence-electron chi connectivity index (χ2n) is 5.01. The van der Waals surface area contributed by atoms with Gasteiger partial charge in [0, 0.05) is 26.4 Å². The van der Waals surface area contributed by atoms with E-state index < -0.39 is 0 Å². The molecular formula is C14H29NO3. The normalized spacial score (nSPS) is 17.0. The lowest BCUT2D eigenvalue weighted by atomic mass is 10.2. The molecule has 0 aromatic carbocycles. The van der Waals surface area contributed by atoms with Gasteiger partial charge < -0.3 is 19.5 Å². The average Bonchev–Trinajstić information content (AvgIpc) is 3.18. The predicted octanol–water partition coefficient (Wildman–Crippen LogP) is 1.98. The van der Waals surface area contributed by atoms with E-state index in [0.29, 0.717) is 19.3 Å². The summed E-state index contributed by atoms with van der Waals surface area (Å²) in [6.07, 6.45) is 6.43. The molecule has 0 spiro atoms. The summed E-state index contributed by atoms with van der Waals surface area (Å²) in [4.78, 5) is 0. The molecule has 0 aromatic rings. The predicted molar refractivity (Wildman–Crippen MR) is 73.0 cm³/mol. The number of hydrogen-bond donors (Lipinski definition) is 1. The first kappa shape index (κ1) is 15.9. The lowest BCUT2D eigenvalue weighted by molar-refractivity contribution is 0.0268. The summed E-state index contributed by atoms with van der Waals surface area (Å²) in [6, 6.07) is 0.825. The first-order valence-corrected chi connectivity index (χ1v) is 7.24. The van der Waals surface area contributed by atoms with Gasteiger partial charge in [0.2, 0.25) is 0 Å². The second-order valence-corrected chi connectivity index (χ2v) is 5.01. The van der Waals surface area contributed by atoms with Gasteiger partial charge in [-0.05, 0) is 45.6 Å². The molecule has 1 atom stereocenters. The molecule has 0 heterocycles. The average molecular weight is 259 g/mol. The van der Waals surface area contributed by atoms with Gasteiger partial charge >= 0.3 is 0 Å². The zero-order valence-corrected chi connectivity index (χ0v) is 12.0. The highest BCUT2D eigenvalue weighted by atomic mass is 16.5. The molecule has 1 fully saturated rings. The molecule has 0 radical (unpaired) electrons. The van der Waals surface area contributed by atoms with E-state index in [0.717, 1.165) is 38.6 Å². The molecule has 0 saturated heterocycles. The highest BCUT2D eigenvalue weighted by molar-refractivity contribution is 4.80. The Morgan fingerprint density at radius 2 is 1.94 bits per heavy atom. The Morgan fingerprint density at radius 1 is 1.11 bits per heavy atom. The molecule has 1 N–H and O–H groups in total. The standard InChI is InChI=1S/C14H29NO3/c1-13(5-3-8-15-14-6-7-14)18-10-4-9-17-12-11-16-2/h13-15H,3-12H2,1-2H3. The Morgan fingerprint density at radius 3 is 2.67 bits per heavy atom. The van der Waals surface area contributed by atoms with Crippen LogP contribution in [0.25, 0.3) is 0 Å². The van der Waals surface area contributed by atoms with Crippen LogP contribution in [0.3, 0.4) is 0 Å². The van der Waals surface area contributed by atoms with Crippen molar-refractivity contribution in [3.63, 3.8) is 0 Å². The monoisotopic (exact) mass is 259 g/mol. The fourth-order valence-electron chi connectivity index (χ4n) is 1.76. The van der Waals surface area contributed by atoms with Gasteiger partial charge in [-0.3, -0.25) is 0 Å². The van der Waals surface area contributed by atoms with Crippen molar-refractivity contribution in [2.75, 3.05) is 40.1 Å². The minimum Gasteiger partial charge on any atom is -0.382 e. The van der Waals surface area contributed by atoms with E-state index >= 15 is 0 Å². The van der Waals surface area contributed by atoms with E-state index in [2.05, 4.69) is 12.2 Å². The Kier molecular flexibility index (Phi) is 9.48. The summed E-state index contributed by atoms with van der Waals surface area (Å²) < 4.78 is 16.0. The van der Waals surface area contributed by atoms with Crippen LogP contribution in [0.4, 0.5) is 0 Å². The third kappa shape index (κ3) is 9.83. The molecule has 1 aliphatic carbocycles. The van der Waals surface area contributed by atoms with Crippen LogP contribution in [0.15, 0.2) is 0 Å². The third-order valence-corrected chi connectivity index (χ3v) is 3.06. The van der Waals surface area contributed by atoms with Gasteiger partial charge in [-0.2, -0.15) is 0 Å². The van der Waals surface area contributed by atoms with Gasteiger partial charge in [0.05, 0.1) is 19.3 Å². The summed E-state index contributed by atoms with van der Waals surface area (Å²) >= 11 is 0. The SMILES string of the molecule is COCCOCCCOC(C)CCCNC1CC1. The third-order valence-electron chi connectivity index (χ3n) is 3.06. The summed E-state index contributed by atoms with van der Waals surface area (Å²) in [6.45, 7) is 6.20. The zero-order chi connectivity index (χ0) is 13.1. The second kappa shape index (κ2) is 10.7. The smallest absolute Gasteiger partial charge is 0.0700 e. The highest BCUT2D eigenvalue weighted by Gasteiger charge is 2.19. The molecule has 1 rings (SSSR count). The zero-order valence-electron chi connectivity index (χ0n) is 12.0. The highest BCUT2D eigenvalue weighted by Crippen LogP contribution is 2.18. The van der Waals surface area contributed by atoms with Gasteiger partial charge in [0.15, 0.2) is 0 Å². The molecule has 0 aliphatic heterocycles. The maximum absolute atomic E-state index is 5.73. The molecule has 18 heavy (non-hydrogen) atoms. The largest absolute Gasteiger partial charge is 0.382 e. The molecule has 1 unspecified atom stereocenters. The number of ether oxygens (including phenoxy) is 3. The van der Waals surface area contributed by atoms with Crippen LogP contribution in [0.5, 0.6) is 0 Å². The fourth-order valence-corrected chi connectivity index (χ4v) is 1.76. The van der Waals surface area contributed by atoms with Crippen LogP contribution in [0, 0.1) is 0 Å². The topological polar surface area (TPSA) is 39.7 Å². The minimum absolute atomic E-state index is 0.366. The van der Waals surface area contributed by atoms with Gasteiger partial charge in [0.1, 0.15) is 0 Å². The first-order valence-electron chi connectivity index (χ1n) is 7.24.